The van der Waals surface area contributed by atoms with E-state index in [4.69, 9.17) is 5.73 Å². The van der Waals surface area contributed by atoms with Crippen molar-refractivity contribution in [3.05, 3.63) is 29.6 Å². The molecule has 0 bridgehead atoms. The summed E-state index contributed by atoms with van der Waals surface area (Å²) in [6.45, 7) is 3.56. The second-order valence-corrected chi connectivity index (χ2v) is 3.90. The summed E-state index contributed by atoms with van der Waals surface area (Å²) < 4.78 is 13.5. The third-order valence-electron chi connectivity index (χ3n) is 2.73. The van der Waals surface area contributed by atoms with Crippen molar-refractivity contribution in [3.63, 3.8) is 0 Å². The van der Waals surface area contributed by atoms with Gasteiger partial charge in [-0.15, -0.1) is 0 Å². The van der Waals surface area contributed by atoms with Crippen LogP contribution in [0.25, 0.3) is 0 Å². The van der Waals surface area contributed by atoms with Crippen LogP contribution >= 0.6 is 0 Å². The zero-order valence-electron chi connectivity index (χ0n) is 8.33. The Kier molecular flexibility index (Phi) is 2.42. The van der Waals surface area contributed by atoms with Crippen molar-refractivity contribution in [1.29, 1.82) is 0 Å². The molecule has 2 nitrogen and oxygen atoms in total. The molecule has 0 spiro atoms. The van der Waals surface area contributed by atoms with Crippen LogP contribution in [0.5, 0.6) is 0 Å². The van der Waals surface area contributed by atoms with Gasteiger partial charge in [-0.3, -0.25) is 0 Å². The van der Waals surface area contributed by atoms with Crippen LogP contribution < -0.4 is 10.6 Å². The van der Waals surface area contributed by atoms with Crippen molar-refractivity contribution < 1.29 is 4.39 Å². The Labute approximate surface area is 83.5 Å². The number of rotatable bonds is 1. The summed E-state index contributed by atoms with van der Waals surface area (Å²) in [5, 5.41) is 0. The molecule has 1 aromatic carbocycles. The molecule has 1 fully saturated rings. The van der Waals surface area contributed by atoms with Crippen LogP contribution in [0.4, 0.5) is 10.1 Å². The third kappa shape index (κ3) is 1.60. The van der Waals surface area contributed by atoms with E-state index in [2.05, 4.69) is 0 Å². The molecule has 1 aliphatic rings. The SMILES string of the molecule is Cc1cccc(F)c1N1CCC(N)C1. The van der Waals surface area contributed by atoms with Gasteiger partial charge in [0.25, 0.3) is 0 Å². The number of benzene rings is 1. The minimum Gasteiger partial charge on any atom is -0.367 e. The number of nitrogens with zero attached hydrogens (tertiary/aromatic N) is 1. The lowest BCUT2D eigenvalue weighted by Crippen LogP contribution is -2.27. The Morgan fingerprint density at radius 2 is 2.29 bits per heavy atom. The molecule has 0 amide bonds. The predicted octanol–water partition coefficient (Wildman–Crippen LogP) is 1.67. The maximum absolute atomic E-state index is 13.5. The summed E-state index contributed by atoms with van der Waals surface area (Å²) in [4.78, 5) is 2.04. The quantitative estimate of drug-likeness (QED) is 0.737. The molecular formula is C11H15FN2. The Bertz CT molecular complexity index is 318. The summed E-state index contributed by atoms with van der Waals surface area (Å²) >= 11 is 0. The molecule has 1 aromatic rings. The van der Waals surface area contributed by atoms with Gasteiger partial charge < -0.3 is 10.6 Å². The number of hydrogen-bond acceptors (Lipinski definition) is 2. The molecule has 0 aliphatic carbocycles. The van der Waals surface area contributed by atoms with Crippen molar-refractivity contribution in [2.75, 3.05) is 18.0 Å². The number of aryl methyl sites for hydroxylation is 1. The highest BCUT2D eigenvalue weighted by Gasteiger charge is 2.22. The van der Waals surface area contributed by atoms with Crippen LogP contribution in [0.2, 0.25) is 0 Å². The van der Waals surface area contributed by atoms with Gasteiger partial charge in [-0.1, -0.05) is 12.1 Å². The van der Waals surface area contributed by atoms with E-state index < -0.39 is 0 Å². The molecule has 3 heteroatoms. The van der Waals surface area contributed by atoms with Gasteiger partial charge in [0.15, 0.2) is 0 Å². The fourth-order valence-electron chi connectivity index (χ4n) is 2.01. The maximum Gasteiger partial charge on any atom is 0.146 e. The van der Waals surface area contributed by atoms with Crippen molar-refractivity contribution in [1.82, 2.24) is 0 Å². The van der Waals surface area contributed by atoms with E-state index in [1.54, 1.807) is 6.07 Å². The second kappa shape index (κ2) is 3.58. The zero-order valence-corrected chi connectivity index (χ0v) is 8.33. The van der Waals surface area contributed by atoms with Gasteiger partial charge in [0.05, 0.1) is 5.69 Å². The number of hydrogen-bond donors (Lipinski definition) is 1. The molecular weight excluding hydrogens is 179 g/mol. The average molecular weight is 194 g/mol. The van der Waals surface area contributed by atoms with E-state index in [9.17, 15) is 4.39 Å². The highest BCUT2D eigenvalue weighted by atomic mass is 19.1. The Hall–Kier alpha value is -1.09. The van der Waals surface area contributed by atoms with Crippen LogP contribution in [-0.4, -0.2) is 19.1 Å². The molecule has 2 N–H and O–H groups in total. The minimum absolute atomic E-state index is 0.140. The summed E-state index contributed by atoms with van der Waals surface area (Å²) in [6.07, 6.45) is 0.952. The van der Waals surface area contributed by atoms with Gasteiger partial charge in [-0.2, -0.15) is 0 Å². The molecule has 0 aromatic heterocycles. The molecule has 0 radical (unpaired) electrons. The highest BCUT2D eigenvalue weighted by molar-refractivity contribution is 5.55. The lowest BCUT2D eigenvalue weighted by molar-refractivity contribution is 0.621. The van der Waals surface area contributed by atoms with Gasteiger partial charge in [-0.05, 0) is 25.0 Å². The first-order chi connectivity index (χ1) is 6.68. The molecule has 1 heterocycles. The summed E-state index contributed by atoms with van der Waals surface area (Å²) in [7, 11) is 0. The topological polar surface area (TPSA) is 29.3 Å². The van der Waals surface area contributed by atoms with Crippen molar-refractivity contribution in [2.24, 2.45) is 5.73 Å². The fraction of sp³-hybridized carbons (Fsp3) is 0.455. The maximum atomic E-state index is 13.5. The average Bonchev–Trinajstić information content (AvgIpc) is 2.51. The van der Waals surface area contributed by atoms with Gasteiger partial charge in [0.1, 0.15) is 5.82 Å². The summed E-state index contributed by atoms with van der Waals surface area (Å²) in [5.41, 5.74) is 7.51. The third-order valence-corrected chi connectivity index (χ3v) is 2.73. The van der Waals surface area contributed by atoms with E-state index in [0.29, 0.717) is 0 Å². The van der Waals surface area contributed by atoms with Crippen LogP contribution in [0.15, 0.2) is 18.2 Å². The smallest absolute Gasteiger partial charge is 0.146 e. The molecule has 76 valence electrons. The fourth-order valence-corrected chi connectivity index (χ4v) is 2.01. The van der Waals surface area contributed by atoms with E-state index in [-0.39, 0.29) is 11.9 Å². The Morgan fingerprint density at radius 3 is 2.86 bits per heavy atom. The van der Waals surface area contributed by atoms with E-state index in [0.717, 1.165) is 30.8 Å². The monoisotopic (exact) mass is 194 g/mol. The first kappa shape index (κ1) is 9.46. The number of para-hydroxylation sites is 1. The van der Waals surface area contributed by atoms with Crippen molar-refractivity contribution in [3.8, 4) is 0 Å². The zero-order chi connectivity index (χ0) is 10.1. The minimum atomic E-state index is -0.140. The molecule has 0 saturated carbocycles. The van der Waals surface area contributed by atoms with Crippen molar-refractivity contribution in [2.45, 2.75) is 19.4 Å². The van der Waals surface area contributed by atoms with Gasteiger partial charge in [0, 0.05) is 19.1 Å². The Morgan fingerprint density at radius 1 is 1.50 bits per heavy atom. The van der Waals surface area contributed by atoms with Gasteiger partial charge >= 0.3 is 0 Å². The van der Waals surface area contributed by atoms with Crippen LogP contribution in [0, 0.1) is 12.7 Å². The van der Waals surface area contributed by atoms with E-state index >= 15 is 0 Å². The van der Waals surface area contributed by atoms with Crippen LogP contribution in [0.1, 0.15) is 12.0 Å². The standard InChI is InChI=1S/C11H15FN2/c1-8-3-2-4-10(12)11(8)14-6-5-9(13)7-14/h2-4,9H,5-7,13H2,1H3. The highest BCUT2D eigenvalue weighted by Crippen LogP contribution is 2.26. The lowest BCUT2D eigenvalue weighted by Gasteiger charge is -2.20. The first-order valence-corrected chi connectivity index (χ1v) is 4.94. The van der Waals surface area contributed by atoms with Crippen molar-refractivity contribution >= 4 is 5.69 Å². The summed E-state index contributed by atoms with van der Waals surface area (Å²) in [6, 6.07) is 5.37. The predicted molar refractivity (Wildman–Crippen MR) is 55.9 cm³/mol. The lowest BCUT2D eigenvalue weighted by atomic mass is 10.2. The molecule has 1 atom stereocenters. The molecule has 1 unspecified atom stereocenters. The molecule has 1 saturated heterocycles. The number of halogens is 1. The second-order valence-electron chi connectivity index (χ2n) is 3.90. The number of anilines is 1. The number of nitrogens with two attached hydrogens (primary N) is 1. The molecule has 2 rings (SSSR count). The first-order valence-electron chi connectivity index (χ1n) is 4.94. The van der Waals surface area contributed by atoms with E-state index in [1.165, 1.54) is 6.07 Å². The normalized spacial score (nSPS) is 21.6. The Balaban J connectivity index is 2.31. The van der Waals surface area contributed by atoms with Gasteiger partial charge in [0.2, 0.25) is 0 Å². The summed E-state index contributed by atoms with van der Waals surface area (Å²) in [5.74, 6) is -0.140. The largest absolute Gasteiger partial charge is 0.367 e. The van der Waals surface area contributed by atoms with Gasteiger partial charge in [-0.25, -0.2) is 4.39 Å². The van der Waals surface area contributed by atoms with Crippen LogP contribution in [0.3, 0.4) is 0 Å². The molecule has 14 heavy (non-hydrogen) atoms. The molecule has 1 aliphatic heterocycles. The van der Waals surface area contributed by atoms with E-state index in [1.807, 2.05) is 17.9 Å². The van der Waals surface area contributed by atoms with Crippen LogP contribution in [-0.2, 0) is 0 Å².